The van der Waals surface area contributed by atoms with E-state index < -0.39 is 5.82 Å². The molecule has 4 fully saturated rings. The number of likely N-dealkylation sites (N-methyl/N-ethyl adjacent to an activating group) is 1. The first kappa shape index (κ1) is 31.4. The van der Waals surface area contributed by atoms with Crippen molar-refractivity contribution < 1.29 is 14.0 Å². The lowest BCUT2D eigenvalue weighted by molar-refractivity contribution is -0.128. The Balaban J connectivity index is 1.20. The standard InChI is InChI=1S/C33H51FN8O2/c1-40-16-10-11-26(40)29(43)23-12-17-41(18-13-23)27-19-33(14-8-6-4-2-3-5-7-9-15-33)37-21-25(27)38-32(44)28-30(35)39-42-22-24(34)20-36-31(28)42/h20,22-23,25-27,37H,2-19,21H2,1H3,(H2,35,39)(H,38,44)/t25?,26-,27?/m1/s1. The zero-order chi connectivity index (χ0) is 30.7. The van der Waals surface area contributed by atoms with Crippen LogP contribution in [-0.4, -0.2) is 93.0 Å². The van der Waals surface area contributed by atoms with Gasteiger partial charge in [0.1, 0.15) is 5.56 Å². The maximum atomic E-state index is 13.8. The highest BCUT2D eigenvalue weighted by atomic mass is 19.1. The van der Waals surface area contributed by atoms with Gasteiger partial charge in [-0.25, -0.2) is 13.9 Å². The molecule has 3 atom stereocenters. The molecule has 4 N–H and O–H groups in total. The number of nitrogens with one attached hydrogen (secondary N) is 2. The van der Waals surface area contributed by atoms with E-state index in [4.69, 9.17) is 5.73 Å². The van der Waals surface area contributed by atoms with Crippen molar-refractivity contribution in [1.82, 2.24) is 35.0 Å². The number of likely N-dealkylation sites (tertiary alicyclic amines) is 2. The van der Waals surface area contributed by atoms with Crippen LogP contribution in [0, 0.1) is 11.7 Å². The van der Waals surface area contributed by atoms with Crippen LogP contribution in [0.15, 0.2) is 12.4 Å². The van der Waals surface area contributed by atoms with Crippen molar-refractivity contribution >= 4 is 23.2 Å². The zero-order valence-electron chi connectivity index (χ0n) is 26.4. The van der Waals surface area contributed by atoms with E-state index in [9.17, 15) is 14.0 Å². The molecule has 10 nitrogen and oxygen atoms in total. The van der Waals surface area contributed by atoms with Gasteiger partial charge >= 0.3 is 0 Å². The molecule has 1 amide bonds. The molecule has 0 aromatic carbocycles. The maximum Gasteiger partial charge on any atom is 0.259 e. The van der Waals surface area contributed by atoms with Crippen LogP contribution in [0.25, 0.3) is 5.65 Å². The quantitative estimate of drug-likeness (QED) is 0.466. The van der Waals surface area contributed by atoms with E-state index in [0.717, 1.165) is 70.8 Å². The average molecular weight is 611 g/mol. The van der Waals surface area contributed by atoms with Crippen LogP contribution in [0.5, 0.6) is 0 Å². The number of nitrogens with zero attached hydrogens (tertiary/aromatic N) is 5. The smallest absolute Gasteiger partial charge is 0.259 e. The highest BCUT2D eigenvalue weighted by molar-refractivity contribution is 6.04. The third-order valence-corrected chi connectivity index (χ3v) is 11.1. The summed E-state index contributed by atoms with van der Waals surface area (Å²) in [6.07, 6.45) is 19.7. The molecule has 1 spiro atoms. The number of nitrogen functional groups attached to an aromatic ring is 1. The minimum Gasteiger partial charge on any atom is -0.381 e. The number of rotatable bonds is 5. The van der Waals surface area contributed by atoms with Gasteiger partial charge in [0.25, 0.3) is 5.91 Å². The lowest BCUT2D eigenvalue weighted by atomic mass is 9.75. The number of ketones is 1. The Bertz CT molecular complexity index is 1300. The predicted molar refractivity (Wildman–Crippen MR) is 169 cm³/mol. The summed E-state index contributed by atoms with van der Waals surface area (Å²) < 4.78 is 15.0. The van der Waals surface area contributed by atoms with Crippen LogP contribution < -0.4 is 16.4 Å². The molecule has 3 saturated heterocycles. The lowest BCUT2D eigenvalue weighted by Gasteiger charge is -2.51. The number of Topliss-reactive ketones (excluding diaryl/α,β-unsaturated/α-hetero) is 1. The predicted octanol–water partition coefficient (Wildman–Crippen LogP) is 3.94. The summed E-state index contributed by atoms with van der Waals surface area (Å²) in [5, 5.41) is 11.4. The Morgan fingerprint density at radius 2 is 1.68 bits per heavy atom. The molecule has 11 heteroatoms. The number of hydrogen-bond donors (Lipinski definition) is 3. The summed E-state index contributed by atoms with van der Waals surface area (Å²) in [6, 6.07) is 0.0736. The van der Waals surface area contributed by atoms with Crippen LogP contribution in [0.1, 0.15) is 107 Å². The molecule has 4 aliphatic rings. The summed E-state index contributed by atoms with van der Waals surface area (Å²) in [7, 11) is 2.08. The van der Waals surface area contributed by atoms with Gasteiger partial charge in [-0.3, -0.25) is 19.4 Å². The van der Waals surface area contributed by atoms with E-state index in [1.165, 1.54) is 62.1 Å². The van der Waals surface area contributed by atoms with Gasteiger partial charge in [-0.05, 0) is 71.6 Å². The van der Waals surface area contributed by atoms with E-state index in [2.05, 4.69) is 37.6 Å². The second-order valence-corrected chi connectivity index (χ2v) is 14.0. The molecule has 2 aromatic rings. The van der Waals surface area contributed by atoms with Crippen molar-refractivity contribution in [3.8, 4) is 0 Å². The first-order valence-electron chi connectivity index (χ1n) is 17.2. The molecule has 0 bridgehead atoms. The molecule has 2 unspecified atom stereocenters. The number of halogens is 1. The zero-order valence-corrected chi connectivity index (χ0v) is 26.4. The number of carbonyl (C=O) groups excluding carboxylic acids is 2. The first-order valence-corrected chi connectivity index (χ1v) is 17.2. The Hall–Kier alpha value is -2.63. The Morgan fingerprint density at radius 1 is 1.00 bits per heavy atom. The highest BCUT2D eigenvalue weighted by Crippen LogP contribution is 2.36. The third-order valence-electron chi connectivity index (χ3n) is 11.1. The summed E-state index contributed by atoms with van der Waals surface area (Å²) in [6.45, 7) is 3.40. The van der Waals surface area contributed by atoms with E-state index >= 15 is 0 Å². The number of nitrogens with two attached hydrogens (primary N) is 1. The van der Waals surface area contributed by atoms with Crippen molar-refractivity contribution in [2.75, 3.05) is 39.0 Å². The van der Waals surface area contributed by atoms with Crippen LogP contribution in [0.2, 0.25) is 0 Å². The average Bonchev–Trinajstić information content (AvgIpc) is 3.58. The normalized spacial score (nSPS) is 28.2. The number of piperidine rings is 2. The number of hydrogen-bond acceptors (Lipinski definition) is 8. The number of fused-ring (bicyclic) bond motifs is 1. The third kappa shape index (κ3) is 6.79. The van der Waals surface area contributed by atoms with Crippen molar-refractivity contribution in [3.63, 3.8) is 0 Å². The second-order valence-electron chi connectivity index (χ2n) is 14.0. The van der Waals surface area contributed by atoms with E-state index in [-0.39, 0.29) is 52.5 Å². The maximum absolute atomic E-state index is 13.8. The molecular weight excluding hydrogens is 559 g/mol. The van der Waals surface area contributed by atoms with Gasteiger partial charge in [-0.15, -0.1) is 5.10 Å². The fourth-order valence-electron chi connectivity index (χ4n) is 8.55. The van der Waals surface area contributed by atoms with Gasteiger partial charge in [-0.1, -0.05) is 51.4 Å². The Morgan fingerprint density at radius 3 is 2.34 bits per heavy atom. The van der Waals surface area contributed by atoms with Crippen molar-refractivity contribution in [3.05, 3.63) is 23.8 Å². The highest BCUT2D eigenvalue weighted by Gasteiger charge is 2.45. The fraction of sp³-hybridized carbons (Fsp3) is 0.758. The molecule has 1 aliphatic carbocycles. The Labute approximate surface area is 260 Å². The van der Waals surface area contributed by atoms with E-state index in [1.807, 2.05) is 0 Å². The topological polar surface area (TPSA) is 121 Å². The Kier molecular flexibility index (Phi) is 9.83. The molecule has 0 radical (unpaired) electrons. The van der Waals surface area contributed by atoms with Gasteiger partial charge in [0.15, 0.2) is 23.1 Å². The number of anilines is 1. The molecule has 1 saturated carbocycles. The van der Waals surface area contributed by atoms with Crippen molar-refractivity contribution in [2.45, 2.75) is 120 Å². The largest absolute Gasteiger partial charge is 0.381 e. The SMILES string of the molecule is CN1CCC[C@@H]1C(=O)C1CCN(C2CC3(CCCCCCCCCC3)NCC2NC(=O)c2c(N)nn3cc(F)cnc23)CC1. The summed E-state index contributed by atoms with van der Waals surface area (Å²) >= 11 is 0. The minimum atomic E-state index is -0.545. The first-order chi connectivity index (χ1) is 21.3. The molecule has 3 aliphatic heterocycles. The lowest BCUT2D eigenvalue weighted by Crippen LogP contribution is -2.67. The summed E-state index contributed by atoms with van der Waals surface area (Å²) in [5.41, 5.74) is 6.65. The van der Waals surface area contributed by atoms with Crippen LogP contribution in [-0.2, 0) is 4.79 Å². The summed E-state index contributed by atoms with van der Waals surface area (Å²) in [5.74, 6) is -0.301. The molecule has 5 heterocycles. The number of amides is 1. The van der Waals surface area contributed by atoms with Gasteiger partial charge in [0, 0.05) is 24.0 Å². The number of aromatic nitrogens is 3. The minimum absolute atomic E-state index is 0.0389. The van der Waals surface area contributed by atoms with Gasteiger partial charge in [-0.2, -0.15) is 0 Å². The van der Waals surface area contributed by atoms with Crippen molar-refractivity contribution in [2.24, 2.45) is 5.92 Å². The molecule has 2 aromatic heterocycles. The van der Waals surface area contributed by atoms with Crippen LogP contribution >= 0.6 is 0 Å². The van der Waals surface area contributed by atoms with Crippen molar-refractivity contribution in [1.29, 1.82) is 0 Å². The number of carbonyl (C=O) groups is 2. The van der Waals surface area contributed by atoms with Crippen LogP contribution in [0.4, 0.5) is 10.2 Å². The van der Waals surface area contributed by atoms with Gasteiger partial charge in [0.2, 0.25) is 0 Å². The molecule has 44 heavy (non-hydrogen) atoms. The second kappa shape index (κ2) is 13.8. The molecule has 6 rings (SSSR count). The van der Waals surface area contributed by atoms with Gasteiger partial charge < -0.3 is 16.4 Å². The molecule has 242 valence electrons. The fourth-order valence-corrected chi connectivity index (χ4v) is 8.55. The van der Waals surface area contributed by atoms with Crippen LogP contribution in [0.3, 0.4) is 0 Å². The summed E-state index contributed by atoms with van der Waals surface area (Å²) in [4.78, 5) is 36.1. The monoisotopic (exact) mass is 610 g/mol. The molecular formula is C33H51FN8O2. The van der Waals surface area contributed by atoms with Gasteiger partial charge in [0.05, 0.1) is 24.5 Å². The van der Waals surface area contributed by atoms with E-state index in [0.29, 0.717) is 12.3 Å². The van der Waals surface area contributed by atoms with E-state index in [1.54, 1.807) is 0 Å².